The zero-order valence-electron chi connectivity index (χ0n) is 13.5. The molecule has 1 aromatic carbocycles. The lowest BCUT2D eigenvalue weighted by Crippen LogP contribution is -2.38. The Bertz CT molecular complexity index is 784. The summed E-state index contributed by atoms with van der Waals surface area (Å²) in [5.74, 6) is 0.294. The van der Waals surface area contributed by atoms with Gasteiger partial charge in [-0.15, -0.1) is 0 Å². The predicted molar refractivity (Wildman–Crippen MR) is 90.5 cm³/mol. The predicted octanol–water partition coefficient (Wildman–Crippen LogP) is 3.65. The third-order valence-electron chi connectivity index (χ3n) is 4.47. The summed E-state index contributed by atoms with van der Waals surface area (Å²) >= 11 is 0. The Morgan fingerprint density at radius 3 is 2.41 bits per heavy atom. The molecule has 2 heterocycles. The van der Waals surface area contributed by atoms with E-state index in [1.807, 2.05) is 31.3 Å². The SMILES string of the molecule is Cc1ccc2c(C(C)C)cn(S(=O)(=O)N3CCCCC3)c2c1. The largest absolute Gasteiger partial charge is 0.307 e. The molecule has 0 bridgehead atoms. The number of nitrogens with zero attached hydrogens (tertiary/aromatic N) is 2. The van der Waals surface area contributed by atoms with Gasteiger partial charge in [-0.1, -0.05) is 32.4 Å². The number of hydrogen-bond acceptors (Lipinski definition) is 2. The fourth-order valence-corrected chi connectivity index (χ4v) is 4.82. The number of aromatic nitrogens is 1. The molecule has 0 N–H and O–H groups in total. The van der Waals surface area contributed by atoms with Gasteiger partial charge in [0, 0.05) is 24.7 Å². The van der Waals surface area contributed by atoms with Crippen molar-refractivity contribution in [1.29, 1.82) is 0 Å². The van der Waals surface area contributed by atoms with Crippen LogP contribution in [0.3, 0.4) is 0 Å². The smallest absolute Gasteiger partial charge is 0.232 e. The molecular weight excluding hydrogens is 296 g/mol. The standard InChI is InChI=1S/C17H24N2O2S/c1-13(2)16-12-19(17-11-14(3)7-8-15(16)17)22(20,21)18-9-5-4-6-10-18/h7-8,11-13H,4-6,9-10H2,1-3H3. The van der Waals surface area contributed by atoms with E-state index in [9.17, 15) is 8.42 Å². The Hall–Kier alpha value is -1.33. The van der Waals surface area contributed by atoms with Crippen LogP contribution in [0.4, 0.5) is 0 Å². The second-order valence-corrected chi connectivity index (χ2v) is 8.33. The van der Waals surface area contributed by atoms with E-state index in [-0.39, 0.29) is 0 Å². The van der Waals surface area contributed by atoms with Crippen LogP contribution in [0.1, 0.15) is 50.2 Å². The van der Waals surface area contributed by atoms with Crippen molar-refractivity contribution in [3.8, 4) is 0 Å². The highest BCUT2D eigenvalue weighted by Crippen LogP contribution is 2.30. The minimum absolute atomic E-state index is 0.294. The summed E-state index contributed by atoms with van der Waals surface area (Å²) in [5.41, 5.74) is 2.97. The Labute approximate surface area is 132 Å². The number of fused-ring (bicyclic) bond motifs is 1. The number of rotatable bonds is 3. The molecule has 0 saturated carbocycles. The van der Waals surface area contributed by atoms with E-state index < -0.39 is 10.2 Å². The topological polar surface area (TPSA) is 42.3 Å². The molecule has 1 aliphatic heterocycles. The third kappa shape index (κ3) is 2.57. The maximum Gasteiger partial charge on any atom is 0.307 e. The molecule has 5 heteroatoms. The maximum absolute atomic E-state index is 13.0. The lowest BCUT2D eigenvalue weighted by molar-refractivity contribution is 0.343. The Kier molecular flexibility index (Phi) is 4.03. The summed E-state index contributed by atoms with van der Waals surface area (Å²) in [5, 5.41) is 1.04. The second kappa shape index (κ2) is 5.70. The molecule has 1 fully saturated rings. The van der Waals surface area contributed by atoms with Gasteiger partial charge in [0.2, 0.25) is 0 Å². The molecule has 1 aromatic heterocycles. The van der Waals surface area contributed by atoms with E-state index >= 15 is 0 Å². The summed E-state index contributed by atoms with van der Waals surface area (Å²) < 4.78 is 29.2. The molecule has 4 nitrogen and oxygen atoms in total. The fraction of sp³-hybridized carbons (Fsp3) is 0.529. The van der Waals surface area contributed by atoms with Gasteiger partial charge in [-0.3, -0.25) is 0 Å². The summed E-state index contributed by atoms with van der Waals surface area (Å²) in [6.07, 6.45) is 4.84. The number of hydrogen-bond donors (Lipinski definition) is 0. The highest BCUT2D eigenvalue weighted by atomic mass is 32.2. The van der Waals surface area contributed by atoms with Gasteiger partial charge in [0.15, 0.2) is 0 Å². The van der Waals surface area contributed by atoms with Gasteiger partial charge < -0.3 is 0 Å². The van der Waals surface area contributed by atoms with E-state index in [1.165, 1.54) is 3.97 Å². The number of aryl methyl sites for hydroxylation is 1. The van der Waals surface area contributed by atoms with Gasteiger partial charge >= 0.3 is 10.2 Å². The molecular formula is C17H24N2O2S. The zero-order valence-corrected chi connectivity index (χ0v) is 14.4. The molecule has 2 aromatic rings. The first kappa shape index (κ1) is 15.6. The van der Waals surface area contributed by atoms with Gasteiger partial charge in [0.25, 0.3) is 0 Å². The minimum Gasteiger partial charge on any atom is -0.232 e. The second-order valence-electron chi connectivity index (χ2n) is 6.52. The quantitative estimate of drug-likeness (QED) is 0.866. The summed E-state index contributed by atoms with van der Waals surface area (Å²) in [6, 6.07) is 6.07. The zero-order chi connectivity index (χ0) is 15.9. The summed E-state index contributed by atoms with van der Waals surface area (Å²) in [7, 11) is -3.47. The van der Waals surface area contributed by atoms with Gasteiger partial charge in [-0.25, -0.2) is 3.97 Å². The average Bonchev–Trinajstić information content (AvgIpc) is 2.87. The van der Waals surface area contributed by atoms with Crippen LogP contribution in [0.15, 0.2) is 24.4 Å². The number of piperidine rings is 1. The molecule has 22 heavy (non-hydrogen) atoms. The highest BCUT2D eigenvalue weighted by Gasteiger charge is 2.28. The van der Waals surface area contributed by atoms with Crippen LogP contribution >= 0.6 is 0 Å². The fourth-order valence-electron chi connectivity index (χ4n) is 3.20. The minimum atomic E-state index is -3.47. The van der Waals surface area contributed by atoms with E-state index in [1.54, 1.807) is 4.31 Å². The monoisotopic (exact) mass is 320 g/mol. The van der Waals surface area contributed by atoms with Crippen molar-refractivity contribution in [1.82, 2.24) is 8.28 Å². The van der Waals surface area contributed by atoms with Crippen LogP contribution in [0, 0.1) is 6.92 Å². The first-order valence-electron chi connectivity index (χ1n) is 8.03. The molecule has 0 aliphatic carbocycles. The number of benzene rings is 1. The Balaban J connectivity index is 2.19. The molecule has 0 spiro atoms. The van der Waals surface area contributed by atoms with Crippen LogP contribution in [0.25, 0.3) is 10.9 Å². The summed E-state index contributed by atoms with van der Waals surface area (Å²) in [4.78, 5) is 0. The van der Waals surface area contributed by atoms with Crippen LogP contribution in [-0.2, 0) is 10.2 Å². The van der Waals surface area contributed by atoms with Crippen molar-refractivity contribution in [3.05, 3.63) is 35.5 Å². The van der Waals surface area contributed by atoms with Crippen LogP contribution in [0.2, 0.25) is 0 Å². The Morgan fingerprint density at radius 2 is 1.77 bits per heavy atom. The van der Waals surface area contributed by atoms with Crippen molar-refractivity contribution in [2.75, 3.05) is 13.1 Å². The lowest BCUT2D eigenvalue weighted by Gasteiger charge is -2.26. The molecule has 0 radical (unpaired) electrons. The van der Waals surface area contributed by atoms with Crippen molar-refractivity contribution in [2.45, 2.75) is 46.0 Å². The molecule has 1 saturated heterocycles. The van der Waals surface area contributed by atoms with Crippen molar-refractivity contribution in [3.63, 3.8) is 0 Å². The molecule has 0 unspecified atom stereocenters. The van der Waals surface area contributed by atoms with E-state index in [4.69, 9.17) is 0 Å². The highest BCUT2D eigenvalue weighted by molar-refractivity contribution is 7.87. The molecule has 0 amide bonds. The van der Waals surface area contributed by atoms with Gasteiger partial charge in [-0.05, 0) is 42.9 Å². The average molecular weight is 320 g/mol. The summed E-state index contributed by atoms with van der Waals surface area (Å²) in [6.45, 7) is 7.47. The van der Waals surface area contributed by atoms with Gasteiger partial charge in [-0.2, -0.15) is 12.7 Å². The Morgan fingerprint density at radius 1 is 1.09 bits per heavy atom. The molecule has 120 valence electrons. The van der Waals surface area contributed by atoms with E-state index in [0.29, 0.717) is 19.0 Å². The lowest BCUT2D eigenvalue weighted by atomic mass is 10.0. The normalized spacial score (nSPS) is 17.5. The molecule has 3 rings (SSSR count). The van der Waals surface area contributed by atoms with Crippen molar-refractivity contribution in [2.24, 2.45) is 0 Å². The van der Waals surface area contributed by atoms with Crippen LogP contribution in [-0.4, -0.2) is 29.8 Å². The third-order valence-corrected chi connectivity index (χ3v) is 6.29. The van der Waals surface area contributed by atoms with Crippen LogP contribution in [0.5, 0.6) is 0 Å². The first-order chi connectivity index (χ1) is 10.4. The van der Waals surface area contributed by atoms with Crippen molar-refractivity contribution < 1.29 is 8.42 Å². The maximum atomic E-state index is 13.0. The van der Waals surface area contributed by atoms with Crippen LogP contribution < -0.4 is 0 Å². The first-order valence-corrected chi connectivity index (χ1v) is 9.43. The van der Waals surface area contributed by atoms with Crippen molar-refractivity contribution >= 4 is 21.1 Å². The molecule has 1 aliphatic rings. The van der Waals surface area contributed by atoms with Gasteiger partial charge in [0.1, 0.15) is 0 Å². The van der Waals surface area contributed by atoms with E-state index in [0.717, 1.165) is 41.3 Å². The van der Waals surface area contributed by atoms with Gasteiger partial charge in [0.05, 0.1) is 5.52 Å². The van der Waals surface area contributed by atoms with E-state index in [2.05, 4.69) is 13.8 Å². The molecule has 0 atom stereocenters.